The number of unbranched alkanes of at least 4 members (excludes halogenated alkanes) is 1. The van der Waals surface area contributed by atoms with E-state index < -0.39 is 5.97 Å². The quantitative estimate of drug-likeness (QED) is 0.635. The number of aryl methyl sites for hydroxylation is 1. The number of para-hydroxylation sites is 1. The van der Waals surface area contributed by atoms with E-state index in [0.29, 0.717) is 24.3 Å². The van der Waals surface area contributed by atoms with E-state index in [2.05, 4.69) is 10.4 Å². The van der Waals surface area contributed by atoms with Crippen LogP contribution in [0.3, 0.4) is 0 Å². The van der Waals surface area contributed by atoms with Gasteiger partial charge in [0.2, 0.25) is 0 Å². The number of carbonyl (C=O) groups is 2. The van der Waals surface area contributed by atoms with E-state index in [-0.39, 0.29) is 12.3 Å². The van der Waals surface area contributed by atoms with Crippen LogP contribution in [-0.4, -0.2) is 33.3 Å². The highest BCUT2D eigenvalue weighted by Gasteiger charge is 2.16. The number of amides is 1. The van der Waals surface area contributed by atoms with Crippen molar-refractivity contribution in [1.82, 2.24) is 15.1 Å². The molecule has 0 fully saturated rings. The Hall–Kier alpha value is -2.67. The zero-order valence-electron chi connectivity index (χ0n) is 13.9. The van der Waals surface area contributed by atoms with Gasteiger partial charge in [0, 0.05) is 18.4 Å². The van der Waals surface area contributed by atoms with E-state index in [1.807, 2.05) is 48.0 Å². The molecule has 0 saturated carbocycles. The van der Waals surface area contributed by atoms with Crippen LogP contribution in [0.4, 0.5) is 0 Å². The summed E-state index contributed by atoms with van der Waals surface area (Å²) in [7, 11) is 0. The van der Waals surface area contributed by atoms with Crippen molar-refractivity contribution in [2.45, 2.75) is 26.2 Å². The first-order valence-corrected chi connectivity index (χ1v) is 8.92. The molecule has 0 saturated heterocycles. The van der Waals surface area contributed by atoms with Gasteiger partial charge in [-0.2, -0.15) is 5.10 Å². The molecule has 1 amide bonds. The van der Waals surface area contributed by atoms with Crippen LogP contribution in [-0.2, 0) is 4.79 Å². The van der Waals surface area contributed by atoms with Gasteiger partial charge in [-0.3, -0.25) is 9.59 Å². The van der Waals surface area contributed by atoms with Gasteiger partial charge in [0.25, 0.3) is 5.91 Å². The molecule has 0 spiro atoms. The summed E-state index contributed by atoms with van der Waals surface area (Å²) >= 11 is 1.41. The summed E-state index contributed by atoms with van der Waals surface area (Å²) in [5.74, 6) is -0.938. The van der Waals surface area contributed by atoms with Gasteiger partial charge in [0.05, 0.1) is 16.3 Å². The van der Waals surface area contributed by atoms with Crippen molar-refractivity contribution in [3.8, 4) is 5.69 Å². The second-order valence-electron chi connectivity index (χ2n) is 5.77. The zero-order chi connectivity index (χ0) is 17.8. The molecular weight excluding hydrogens is 338 g/mol. The van der Waals surface area contributed by atoms with Crippen molar-refractivity contribution in [3.63, 3.8) is 0 Å². The molecule has 7 heteroatoms. The topological polar surface area (TPSA) is 84.2 Å². The summed E-state index contributed by atoms with van der Waals surface area (Å²) in [6.45, 7) is 2.41. The second-order valence-corrected chi connectivity index (χ2v) is 6.80. The van der Waals surface area contributed by atoms with Crippen LogP contribution in [0.5, 0.6) is 0 Å². The van der Waals surface area contributed by atoms with Gasteiger partial charge < -0.3 is 10.4 Å². The van der Waals surface area contributed by atoms with Crippen molar-refractivity contribution in [1.29, 1.82) is 0 Å². The minimum Gasteiger partial charge on any atom is -0.481 e. The molecule has 2 heterocycles. The third kappa shape index (κ3) is 3.88. The van der Waals surface area contributed by atoms with Gasteiger partial charge >= 0.3 is 5.97 Å². The number of carboxylic acids is 1. The fraction of sp³-hybridized carbons (Fsp3) is 0.278. The van der Waals surface area contributed by atoms with Gasteiger partial charge in [0.1, 0.15) is 4.83 Å². The van der Waals surface area contributed by atoms with Crippen molar-refractivity contribution >= 4 is 33.4 Å². The molecule has 1 aromatic carbocycles. The Morgan fingerprint density at radius 3 is 2.72 bits per heavy atom. The van der Waals surface area contributed by atoms with Crippen LogP contribution in [0, 0.1) is 6.92 Å². The average molecular weight is 357 g/mol. The molecule has 0 atom stereocenters. The molecule has 0 aliphatic rings. The lowest BCUT2D eigenvalue weighted by Crippen LogP contribution is -2.23. The number of nitrogens with one attached hydrogen (secondary N) is 1. The van der Waals surface area contributed by atoms with E-state index in [1.54, 1.807) is 0 Å². The largest absolute Gasteiger partial charge is 0.481 e. The standard InChI is InChI=1S/C18H19N3O3S/c1-12-14-11-15(17(24)19-10-6-5-9-16(22)23)25-18(14)21(20-12)13-7-3-2-4-8-13/h2-4,7-8,11H,5-6,9-10H2,1H3,(H,19,24)(H,22,23). The normalized spacial score (nSPS) is 10.9. The SMILES string of the molecule is Cc1nn(-c2ccccc2)c2sc(C(=O)NCCCCC(=O)O)cc12. The number of aromatic nitrogens is 2. The summed E-state index contributed by atoms with van der Waals surface area (Å²) in [6, 6.07) is 11.7. The highest BCUT2D eigenvalue weighted by Crippen LogP contribution is 2.30. The molecule has 0 radical (unpaired) electrons. The first-order valence-electron chi connectivity index (χ1n) is 8.11. The lowest BCUT2D eigenvalue weighted by atomic mass is 10.2. The number of thiophene rings is 1. The number of aliphatic carboxylic acids is 1. The van der Waals surface area contributed by atoms with Crippen molar-refractivity contribution in [2.24, 2.45) is 0 Å². The zero-order valence-corrected chi connectivity index (χ0v) is 14.7. The van der Waals surface area contributed by atoms with Gasteiger partial charge in [0.15, 0.2) is 0 Å². The van der Waals surface area contributed by atoms with E-state index >= 15 is 0 Å². The van der Waals surface area contributed by atoms with E-state index in [9.17, 15) is 9.59 Å². The molecule has 6 nitrogen and oxygen atoms in total. The summed E-state index contributed by atoms with van der Waals surface area (Å²) in [5, 5.41) is 17.0. The van der Waals surface area contributed by atoms with E-state index in [1.165, 1.54) is 11.3 Å². The molecular formula is C18H19N3O3S. The Bertz CT molecular complexity index is 899. The van der Waals surface area contributed by atoms with Gasteiger partial charge in [-0.25, -0.2) is 4.68 Å². The molecule has 0 unspecified atom stereocenters. The first-order chi connectivity index (χ1) is 12.1. The highest BCUT2D eigenvalue weighted by atomic mass is 32.1. The van der Waals surface area contributed by atoms with E-state index in [4.69, 9.17) is 5.11 Å². The maximum atomic E-state index is 12.3. The molecule has 25 heavy (non-hydrogen) atoms. The molecule has 3 aromatic rings. The highest BCUT2D eigenvalue weighted by molar-refractivity contribution is 7.20. The van der Waals surface area contributed by atoms with Crippen molar-refractivity contribution in [3.05, 3.63) is 47.0 Å². The number of nitrogens with zero attached hydrogens (tertiary/aromatic N) is 2. The molecule has 2 N–H and O–H groups in total. The Labute approximate surface area is 149 Å². The number of carboxylic acid groups (broad SMARTS) is 1. The maximum absolute atomic E-state index is 12.3. The number of hydrogen-bond acceptors (Lipinski definition) is 4. The lowest BCUT2D eigenvalue weighted by molar-refractivity contribution is -0.137. The Kier molecular flexibility index (Phi) is 5.14. The summed E-state index contributed by atoms with van der Waals surface area (Å²) < 4.78 is 1.86. The number of carbonyl (C=O) groups excluding carboxylic acids is 1. The molecule has 0 aliphatic carbocycles. The van der Waals surface area contributed by atoms with Crippen LogP contribution in [0.15, 0.2) is 36.4 Å². The van der Waals surface area contributed by atoms with Crippen molar-refractivity contribution in [2.75, 3.05) is 6.54 Å². The fourth-order valence-corrected chi connectivity index (χ4v) is 3.69. The molecule has 0 bridgehead atoms. The smallest absolute Gasteiger partial charge is 0.303 e. The predicted molar refractivity (Wildman–Crippen MR) is 97.5 cm³/mol. The maximum Gasteiger partial charge on any atom is 0.303 e. The summed E-state index contributed by atoms with van der Waals surface area (Å²) in [6.07, 6.45) is 1.34. The minimum absolute atomic E-state index is 0.129. The second kappa shape index (κ2) is 7.48. The van der Waals surface area contributed by atoms with Crippen LogP contribution in [0.25, 0.3) is 15.9 Å². The monoisotopic (exact) mass is 357 g/mol. The van der Waals surface area contributed by atoms with Crippen molar-refractivity contribution < 1.29 is 14.7 Å². The third-order valence-corrected chi connectivity index (χ3v) is 4.98. The minimum atomic E-state index is -0.809. The average Bonchev–Trinajstić information content (AvgIpc) is 3.16. The summed E-state index contributed by atoms with van der Waals surface area (Å²) in [4.78, 5) is 24.4. The van der Waals surface area contributed by atoms with Gasteiger partial charge in [-0.15, -0.1) is 11.3 Å². The van der Waals surface area contributed by atoms with Gasteiger partial charge in [-0.1, -0.05) is 18.2 Å². The van der Waals surface area contributed by atoms with Crippen LogP contribution in [0.2, 0.25) is 0 Å². The van der Waals surface area contributed by atoms with Crippen LogP contribution in [0.1, 0.15) is 34.6 Å². The summed E-state index contributed by atoms with van der Waals surface area (Å²) in [5.41, 5.74) is 1.85. The first kappa shape index (κ1) is 17.2. The Balaban J connectivity index is 1.73. The molecule has 3 rings (SSSR count). The number of fused-ring (bicyclic) bond motifs is 1. The van der Waals surface area contributed by atoms with E-state index in [0.717, 1.165) is 21.6 Å². The predicted octanol–water partition coefficient (Wildman–Crippen LogP) is 3.38. The fourth-order valence-electron chi connectivity index (χ4n) is 2.59. The molecule has 0 aliphatic heterocycles. The number of benzene rings is 1. The van der Waals surface area contributed by atoms with Gasteiger partial charge in [-0.05, 0) is 38.0 Å². The molecule has 2 aromatic heterocycles. The number of hydrogen-bond donors (Lipinski definition) is 2. The number of rotatable bonds is 7. The Morgan fingerprint density at radius 1 is 1.24 bits per heavy atom. The Morgan fingerprint density at radius 2 is 2.00 bits per heavy atom. The molecule has 130 valence electrons. The third-order valence-electron chi connectivity index (χ3n) is 3.87. The lowest BCUT2D eigenvalue weighted by Gasteiger charge is -2.03. The van der Waals surface area contributed by atoms with Crippen LogP contribution < -0.4 is 5.32 Å². The van der Waals surface area contributed by atoms with Crippen LogP contribution >= 0.6 is 11.3 Å².